The average molecular weight is 577 g/mol. The van der Waals surface area contributed by atoms with Gasteiger partial charge in [-0.3, -0.25) is 19.7 Å². The number of nitrogens with one attached hydrogen (secondary N) is 4. The van der Waals surface area contributed by atoms with Gasteiger partial charge in [0, 0.05) is 23.0 Å². The van der Waals surface area contributed by atoms with Crippen LogP contribution >= 0.6 is 0 Å². The van der Waals surface area contributed by atoms with Gasteiger partial charge in [0.2, 0.25) is 5.91 Å². The van der Waals surface area contributed by atoms with E-state index in [-0.39, 0.29) is 18.7 Å². The molecule has 0 bridgehead atoms. The summed E-state index contributed by atoms with van der Waals surface area (Å²) >= 11 is 0. The Bertz CT molecular complexity index is 1470. The summed E-state index contributed by atoms with van der Waals surface area (Å²) in [6.07, 6.45) is 0.0944. The number of aliphatic carboxylic acids is 1. The zero-order valence-electron chi connectivity index (χ0n) is 24.9. The number of ether oxygens (including phenoxy) is 1. The molecule has 2 amide bonds. The molecule has 0 saturated carbocycles. The summed E-state index contributed by atoms with van der Waals surface area (Å²) in [7, 11) is 0. The number of ketones is 1. The number of Topliss-reactive ketones (excluding diaryl/α,β-unsaturated/α-hetero) is 1. The molecular weight excluding hydrogens is 536 g/mol. The molecular formula is C32H40N4O6. The zero-order chi connectivity index (χ0) is 30.9. The van der Waals surface area contributed by atoms with E-state index in [1.807, 2.05) is 24.3 Å². The van der Waals surface area contributed by atoms with Gasteiger partial charge in [0.1, 0.15) is 22.3 Å². The number of rotatable bonds is 8. The Morgan fingerprint density at radius 2 is 1.64 bits per heavy atom. The molecule has 0 spiro atoms. The van der Waals surface area contributed by atoms with Gasteiger partial charge in [-0.2, -0.15) is 0 Å². The third-order valence-corrected chi connectivity index (χ3v) is 7.91. The highest BCUT2D eigenvalue weighted by Crippen LogP contribution is 2.43. The van der Waals surface area contributed by atoms with E-state index < -0.39 is 52.5 Å². The van der Waals surface area contributed by atoms with Gasteiger partial charge in [0.05, 0.1) is 12.1 Å². The quantitative estimate of drug-likeness (QED) is 0.270. The van der Waals surface area contributed by atoms with Crippen LogP contribution in [0.15, 0.2) is 60.8 Å². The number of carboxylic acid groups (broad SMARTS) is 1. The Kier molecular flexibility index (Phi) is 8.50. The molecule has 42 heavy (non-hydrogen) atoms. The number of alkyl carbamates (subject to hydrolysis) is 1. The topological polar surface area (TPSA) is 150 Å². The van der Waals surface area contributed by atoms with Gasteiger partial charge < -0.3 is 25.5 Å². The molecule has 4 rings (SSSR count). The summed E-state index contributed by atoms with van der Waals surface area (Å²) in [6, 6.07) is 16.3. The summed E-state index contributed by atoms with van der Waals surface area (Å²) < 4.78 is 5.32. The van der Waals surface area contributed by atoms with Crippen molar-refractivity contribution >= 4 is 34.7 Å². The average Bonchev–Trinajstić information content (AvgIpc) is 3.35. The van der Waals surface area contributed by atoms with Crippen molar-refractivity contribution in [1.82, 2.24) is 20.9 Å². The van der Waals surface area contributed by atoms with E-state index in [0.29, 0.717) is 5.56 Å². The van der Waals surface area contributed by atoms with Crippen LogP contribution in [0.5, 0.6) is 0 Å². The van der Waals surface area contributed by atoms with Crippen LogP contribution in [-0.2, 0) is 24.5 Å². The maximum atomic E-state index is 14.6. The van der Waals surface area contributed by atoms with Gasteiger partial charge in [-0.1, -0.05) is 55.5 Å². The first kappa shape index (κ1) is 30.8. The number of aromatic nitrogens is 1. The molecule has 5 N–H and O–H groups in total. The van der Waals surface area contributed by atoms with Crippen LogP contribution in [0.25, 0.3) is 10.9 Å². The van der Waals surface area contributed by atoms with E-state index in [4.69, 9.17) is 4.74 Å². The minimum atomic E-state index is -1.62. The van der Waals surface area contributed by atoms with Gasteiger partial charge >= 0.3 is 12.1 Å². The molecule has 10 nitrogen and oxygen atoms in total. The fourth-order valence-electron chi connectivity index (χ4n) is 5.76. The van der Waals surface area contributed by atoms with Crippen molar-refractivity contribution in [3.05, 3.63) is 71.9 Å². The molecule has 2 aromatic carbocycles. The Hall–Kier alpha value is -4.18. The molecule has 3 aromatic rings. The number of H-pyrrole nitrogens is 1. The number of carboxylic acids is 1. The van der Waals surface area contributed by atoms with E-state index in [1.54, 1.807) is 64.2 Å². The molecule has 224 valence electrons. The number of amides is 2. The fourth-order valence-corrected chi connectivity index (χ4v) is 5.76. The van der Waals surface area contributed by atoms with Crippen LogP contribution < -0.4 is 16.0 Å². The summed E-state index contributed by atoms with van der Waals surface area (Å²) in [6.45, 7) is 10.2. The number of fused-ring (bicyclic) bond motifs is 1. The maximum absolute atomic E-state index is 14.6. The number of hydrogen-bond donors (Lipinski definition) is 5. The number of para-hydroxylation sites is 1. The molecule has 4 unspecified atom stereocenters. The molecule has 1 aromatic heterocycles. The van der Waals surface area contributed by atoms with Crippen LogP contribution in [0.3, 0.4) is 0 Å². The van der Waals surface area contributed by atoms with Crippen molar-refractivity contribution in [3.63, 3.8) is 0 Å². The highest BCUT2D eigenvalue weighted by atomic mass is 16.6. The normalized spacial score (nSPS) is 21.8. The first-order valence-electron chi connectivity index (χ1n) is 14.1. The van der Waals surface area contributed by atoms with Crippen LogP contribution in [-0.4, -0.2) is 57.7 Å². The molecule has 10 heteroatoms. The lowest BCUT2D eigenvalue weighted by atomic mass is 9.61. The van der Waals surface area contributed by atoms with Crippen molar-refractivity contribution < 1.29 is 29.0 Å². The number of piperidine rings is 1. The van der Waals surface area contributed by atoms with E-state index in [1.165, 1.54) is 13.8 Å². The maximum Gasteiger partial charge on any atom is 0.408 e. The predicted octanol–water partition coefficient (Wildman–Crippen LogP) is 4.22. The lowest BCUT2D eigenvalue weighted by molar-refractivity contribution is -0.154. The molecule has 2 heterocycles. The fraction of sp³-hybridized carbons (Fsp3) is 0.438. The van der Waals surface area contributed by atoms with E-state index >= 15 is 0 Å². The number of hydrogen-bond acceptors (Lipinski definition) is 6. The highest BCUT2D eigenvalue weighted by molar-refractivity contribution is 6.00. The van der Waals surface area contributed by atoms with Gasteiger partial charge in [-0.05, 0) is 64.8 Å². The first-order valence-corrected chi connectivity index (χ1v) is 14.1. The summed E-state index contributed by atoms with van der Waals surface area (Å²) in [5.74, 6) is -3.96. The summed E-state index contributed by atoms with van der Waals surface area (Å²) in [5, 5.41) is 20.3. The third-order valence-electron chi connectivity index (χ3n) is 7.91. The summed E-state index contributed by atoms with van der Waals surface area (Å²) in [5.41, 5.74) is -1.74. The molecule has 1 aliphatic heterocycles. The Balaban J connectivity index is 1.74. The molecule has 1 fully saturated rings. The first-order chi connectivity index (χ1) is 19.7. The van der Waals surface area contributed by atoms with Crippen molar-refractivity contribution in [2.24, 2.45) is 5.92 Å². The largest absolute Gasteiger partial charge is 0.481 e. The summed E-state index contributed by atoms with van der Waals surface area (Å²) in [4.78, 5) is 57.1. The third kappa shape index (κ3) is 6.04. The van der Waals surface area contributed by atoms with Gasteiger partial charge in [0.25, 0.3) is 0 Å². The highest BCUT2D eigenvalue weighted by Gasteiger charge is 2.57. The predicted molar refractivity (Wildman–Crippen MR) is 159 cm³/mol. The smallest absolute Gasteiger partial charge is 0.408 e. The monoisotopic (exact) mass is 576 g/mol. The lowest BCUT2D eigenvalue weighted by Crippen LogP contribution is -2.68. The Morgan fingerprint density at radius 1 is 1.00 bits per heavy atom. The lowest BCUT2D eigenvalue weighted by Gasteiger charge is -2.46. The van der Waals surface area contributed by atoms with E-state index in [0.717, 1.165) is 16.5 Å². The minimum absolute atomic E-state index is 0.134. The van der Waals surface area contributed by atoms with Crippen molar-refractivity contribution in [1.29, 1.82) is 0 Å². The number of aromatic amines is 1. The molecule has 1 saturated heterocycles. The van der Waals surface area contributed by atoms with E-state index in [2.05, 4.69) is 20.9 Å². The van der Waals surface area contributed by atoms with Crippen LogP contribution in [0, 0.1) is 5.92 Å². The van der Waals surface area contributed by atoms with Crippen LogP contribution in [0.2, 0.25) is 0 Å². The SMILES string of the molecule is CC(C(=O)C1C(NC(=O)C(C)(C)NC(=O)OC(C)(C)C)NCCC1(C(=O)O)c1ccccc1)c1c[nH]c2ccccc12. The number of benzene rings is 2. The Morgan fingerprint density at radius 3 is 2.29 bits per heavy atom. The molecule has 0 radical (unpaired) electrons. The van der Waals surface area contributed by atoms with Crippen molar-refractivity contribution in [3.8, 4) is 0 Å². The van der Waals surface area contributed by atoms with Gasteiger partial charge in [-0.25, -0.2) is 4.79 Å². The molecule has 1 aliphatic rings. The zero-order valence-corrected chi connectivity index (χ0v) is 24.9. The van der Waals surface area contributed by atoms with Crippen LogP contribution in [0.4, 0.5) is 4.79 Å². The molecule has 4 atom stereocenters. The molecule has 0 aliphatic carbocycles. The van der Waals surface area contributed by atoms with Crippen LogP contribution in [0.1, 0.15) is 65.0 Å². The second-order valence-electron chi connectivity index (χ2n) is 12.4. The van der Waals surface area contributed by atoms with E-state index in [9.17, 15) is 24.3 Å². The Labute approximate surface area is 245 Å². The van der Waals surface area contributed by atoms with Crippen molar-refractivity contribution in [2.45, 2.75) is 76.6 Å². The van der Waals surface area contributed by atoms with Gasteiger partial charge in [0.15, 0.2) is 0 Å². The second-order valence-corrected chi connectivity index (χ2v) is 12.4. The van der Waals surface area contributed by atoms with Gasteiger partial charge in [-0.15, -0.1) is 0 Å². The standard InChI is InChI=1S/C32H40N4O6/c1-19(22-18-34-23-15-11-10-14-21(22)23)25(37)24-26(35-27(38)31(5,6)36-29(41)42-30(2,3)4)33-17-16-32(24,28(39)40)20-12-8-7-9-13-20/h7-15,18-19,24,26,33-34H,16-17H2,1-6H3,(H,35,38)(H,36,41)(H,39,40). The number of carbonyl (C=O) groups excluding carboxylic acids is 3. The van der Waals surface area contributed by atoms with Crippen molar-refractivity contribution in [2.75, 3.05) is 6.54 Å². The number of carbonyl (C=O) groups is 4. The minimum Gasteiger partial charge on any atom is -0.481 e. The second kappa shape index (κ2) is 11.6.